The number of carbonyl (C=O) groups excluding carboxylic acids is 2. The van der Waals surface area contributed by atoms with E-state index in [0.717, 1.165) is 62.6 Å². The lowest BCUT2D eigenvalue weighted by molar-refractivity contribution is -0.118. The summed E-state index contributed by atoms with van der Waals surface area (Å²) in [6.07, 6.45) is 9.91. The first-order chi connectivity index (χ1) is 15.9. The molecule has 2 aliphatic carbocycles. The van der Waals surface area contributed by atoms with Crippen LogP contribution < -0.4 is 5.32 Å². The van der Waals surface area contributed by atoms with Crippen molar-refractivity contribution in [1.82, 2.24) is 4.90 Å². The summed E-state index contributed by atoms with van der Waals surface area (Å²) in [6, 6.07) is 7.13. The zero-order valence-corrected chi connectivity index (χ0v) is 19.6. The van der Waals surface area contributed by atoms with E-state index >= 15 is 0 Å². The molecule has 33 heavy (non-hydrogen) atoms. The number of carboxylic acid groups (broad SMARTS) is 1. The van der Waals surface area contributed by atoms with E-state index in [4.69, 9.17) is 0 Å². The zero-order valence-electron chi connectivity index (χ0n) is 19.6. The van der Waals surface area contributed by atoms with Gasteiger partial charge in [-0.3, -0.25) is 14.5 Å². The van der Waals surface area contributed by atoms with Gasteiger partial charge < -0.3 is 10.4 Å². The van der Waals surface area contributed by atoms with Crippen molar-refractivity contribution in [2.24, 2.45) is 5.92 Å². The molecule has 6 nitrogen and oxygen atoms in total. The molecule has 0 unspecified atom stereocenters. The molecule has 0 saturated heterocycles. The highest BCUT2D eigenvalue weighted by molar-refractivity contribution is 6.18. The molecule has 0 bridgehead atoms. The topological polar surface area (TPSA) is 86.7 Å². The van der Waals surface area contributed by atoms with Gasteiger partial charge in [0.05, 0.1) is 5.56 Å². The van der Waals surface area contributed by atoms with Crippen molar-refractivity contribution in [2.45, 2.75) is 83.7 Å². The minimum Gasteiger partial charge on any atom is -0.478 e. The molecule has 0 heterocycles. The largest absolute Gasteiger partial charge is 0.478 e. The zero-order chi connectivity index (χ0) is 23.5. The number of hydrogen-bond acceptors (Lipinski definition) is 4. The Bertz CT molecular complexity index is 1050. The Morgan fingerprint density at radius 3 is 2.24 bits per heavy atom. The van der Waals surface area contributed by atoms with Crippen LogP contribution in [0.15, 0.2) is 24.3 Å². The third-order valence-electron chi connectivity index (χ3n) is 7.52. The third kappa shape index (κ3) is 4.75. The molecule has 6 heteroatoms. The summed E-state index contributed by atoms with van der Waals surface area (Å²) in [5, 5.41) is 14.7. The summed E-state index contributed by atoms with van der Waals surface area (Å²) in [4.78, 5) is 39.1. The van der Waals surface area contributed by atoms with Crippen LogP contribution in [0.5, 0.6) is 0 Å². The van der Waals surface area contributed by atoms with Crippen LogP contribution in [0.3, 0.4) is 0 Å². The van der Waals surface area contributed by atoms with Gasteiger partial charge in [0.2, 0.25) is 6.41 Å². The number of nitrogens with zero attached hydrogens (tertiary/aromatic N) is 1. The normalized spacial score (nSPS) is 21.5. The molecule has 0 atom stereocenters. The van der Waals surface area contributed by atoms with E-state index in [1.54, 1.807) is 18.2 Å². The average molecular weight is 451 g/mol. The van der Waals surface area contributed by atoms with Crippen molar-refractivity contribution >= 4 is 34.7 Å². The molecule has 2 amide bonds. The molecule has 2 fully saturated rings. The second-order valence-electron chi connectivity index (χ2n) is 9.86. The molecule has 0 aliphatic heterocycles. The first kappa shape index (κ1) is 23.3. The average Bonchev–Trinajstić information content (AvgIpc) is 2.81. The first-order valence-corrected chi connectivity index (χ1v) is 12.2. The Morgan fingerprint density at radius 2 is 1.61 bits per heavy atom. The van der Waals surface area contributed by atoms with Gasteiger partial charge in [0, 0.05) is 34.1 Å². The van der Waals surface area contributed by atoms with Crippen molar-refractivity contribution in [1.29, 1.82) is 0 Å². The number of benzene rings is 2. The maximum absolute atomic E-state index is 13.6. The lowest BCUT2D eigenvalue weighted by Gasteiger charge is -2.33. The Labute approximate surface area is 195 Å². The highest BCUT2D eigenvalue weighted by Crippen LogP contribution is 2.36. The molecule has 2 aromatic rings. The minimum atomic E-state index is -1.02. The van der Waals surface area contributed by atoms with Gasteiger partial charge in [-0.05, 0) is 75.1 Å². The summed E-state index contributed by atoms with van der Waals surface area (Å²) in [5.41, 5.74) is 2.14. The van der Waals surface area contributed by atoms with E-state index < -0.39 is 5.97 Å². The summed E-state index contributed by atoms with van der Waals surface area (Å²) in [7, 11) is 0. The molecule has 176 valence electrons. The lowest BCUT2D eigenvalue weighted by Crippen LogP contribution is -2.41. The summed E-state index contributed by atoms with van der Waals surface area (Å²) < 4.78 is 0. The second kappa shape index (κ2) is 9.94. The Balaban J connectivity index is 1.79. The van der Waals surface area contributed by atoms with E-state index in [-0.39, 0.29) is 17.5 Å². The highest BCUT2D eigenvalue weighted by Gasteiger charge is 2.30. The van der Waals surface area contributed by atoms with E-state index in [1.807, 2.05) is 13.0 Å². The van der Waals surface area contributed by atoms with E-state index in [9.17, 15) is 19.5 Å². The van der Waals surface area contributed by atoms with Gasteiger partial charge in [-0.15, -0.1) is 0 Å². The van der Waals surface area contributed by atoms with Crippen LogP contribution in [-0.2, 0) is 4.79 Å². The molecular weight excluding hydrogens is 416 g/mol. The van der Waals surface area contributed by atoms with E-state index in [0.29, 0.717) is 34.7 Å². The number of rotatable bonds is 6. The van der Waals surface area contributed by atoms with Gasteiger partial charge in [-0.1, -0.05) is 32.3 Å². The fourth-order valence-electron chi connectivity index (χ4n) is 5.57. The number of carbonyl (C=O) groups is 3. The van der Waals surface area contributed by atoms with Crippen molar-refractivity contribution in [2.75, 3.05) is 5.32 Å². The maximum Gasteiger partial charge on any atom is 0.336 e. The van der Waals surface area contributed by atoms with Crippen LogP contribution in [0.25, 0.3) is 10.8 Å². The predicted molar refractivity (Wildman–Crippen MR) is 130 cm³/mol. The molecule has 2 saturated carbocycles. The van der Waals surface area contributed by atoms with Gasteiger partial charge >= 0.3 is 5.97 Å². The van der Waals surface area contributed by atoms with Crippen LogP contribution in [0.4, 0.5) is 5.69 Å². The maximum atomic E-state index is 13.6. The Morgan fingerprint density at radius 1 is 0.939 bits per heavy atom. The van der Waals surface area contributed by atoms with Crippen LogP contribution in [-0.4, -0.2) is 40.4 Å². The highest BCUT2D eigenvalue weighted by atomic mass is 16.4. The number of carboxylic acids is 1. The molecule has 0 radical (unpaired) electrons. The SMILES string of the molecule is Cc1ccc(C(=O)O)c2c(NC3CCCCC3)ccc(C(=O)N(C=O)C3CCC(C)CC3)c12. The van der Waals surface area contributed by atoms with Gasteiger partial charge in [0.25, 0.3) is 5.91 Å². The standard InChI is InChI=1S/C27H34N2O4/c1-17-8-11-20(12-9-17)29(16-30)26(31)21-14-15-23(28-19-6-4-3-5-7-19)25-22(27(32)33)13-10-18(2)24(21)25/h10,13-17,19-20,28H,3-9,11-12H2,1-2H3,(H,32,33). The van der Waals surface area contributed by atoms with Gasteiger partial charge in [0.15, 0.2) is 0 Å². The number of imide groups is 1. The Hall–Kier alpha value is -2.89. The number of amides is 2. The first-order valence-electron chi connectivity index (χ1n) is 12.2. The van der Waals surface area contributed by atoms with Crippen LogP contribution in [0.2, 0.25) is 0 Å². The summed E-state index contributed by atoms with van der Waals surface area (Å²) >= 11 is 0. The molecule has 0 aromatic heterocycles. The fourth-order valence-corrected chi connectivity index (χ4v) is 5.57. The van der Waals surface area contributed by atoms with Crippen molar-refractivity contribution in [3.8, 4) is 0 Å². The number of anilines is 1. The number of hydrogen-bond donors (Lipinski definition) is 2. The smallest absolute Gasteiger partial charge is 0.336 e. The monoisotopic (exact) mass is 450 g/mol. The summed E-state index contributed by atoms with van der Waals surface area (Å²) in [5.74, 6) is -0.759. The number of fused-ring (bicyclic) bond motifs is 1. The van der Waals surface area contributed by atoms with Crippen molar-refractivity contribution in [3.63, 3.8) is 0 Å². The van der Waals surface area contributed by atoms with Crippen LogP contribution in [0.1, 0.15) is 91.0 Å². The lowest BCUT2D eigenvalue weighted by atomic mass is 9.86. The molecule has 2 aromatic carbocycles. The Kier molecular flexibility index (Phi) is 7.01. The predicted octanol–water partition coefficient (Wildman–Crippen LogP) is 5.77. The van der Waals surface area contributed by atoms with Crippen molar-refractivity contribution in [3.05, 3.63) is 41.0 Å². The van der Waals surface area contributed by atoms with Gasteiger partial charge in [0.1, 0.15) is 0 Å². The molecule has 2 N–H and O–H groups in total. The van der Waals surface area contributed by atoms with Crippen molar-refractivity contribution < 1.29 is 19.5 Å². The van der Waals surface area contributed by atoms with E-state index in [2.05, 4.69) is 12.2 Å². The molecule has 4 rings (SSSR count). The fraction of sp³-hybridized carbons (Fsp3) is 0.519. The number of aryl methyl sites for hydroxylation is 1. The number of aromatic carboxylic acids is 1. The third-order valence-corrected chi connectivity index (χ3v) is 7.52. The molecular formula is C27H34N2O4. The quantitative estimate of drug-likeness (QED) is 0.546. The second-order valence-corrected chi connectivity index (χ2v) is 9.86. The van der Waals surface area contributed by atoms with Gasteiger partial charge in [-0.2, -0.15) is 0 Å². The van der Waals surface area contributed by atoms with Crippen LogP contribution >= 0.6 is 0 Å². The number of nitrogens with one attached hydrogen (secondary N) is 1. The van der Waals surface area contributed by atoms with E-state index in [1.165, 1.54) is 11.3 Å². The molecule has 2 aliphatic rings. The molecule has 0 spiro atoms. The van der Waals surface area contributed by atoms with Gasteiger partial charge in [-0.25, -0.2) is 4.79 Å². The summed E-state index contributed by atoms with van der Waals surface area (Å²) in [6.45, 7) is 4.09. The minimum absolute atomic E-state index is 0.107. The van der Waals surface area contributed by atoms with Crippen LogP contribution in [0, 0.1) is 12.8 Å².